The van der Waals surface area contributed by atoms with Gasteiger partial charge in [0.25, 0.3) is 11.8 Å². The first-order valence-electron chi connectivity index (χ1n) is 10.8. The van der Waals surface area contributed by atoms with Crippen LogP contribution in [-0.2, 0) is 13.0 Å². The zero-order valence-electron chi connectivity index (χ0n) is 17.7. The van der Waals surface area contributed by atoms with E-state index in [1.54, 1.807) is 0 Å². The summed E-state index contributed by atoms with van der Waals surface area (Å²) in [4.78, 5) is 12.9. The second-order valence-electron chi connectivity index (χ2n) is 8.32. The van der Waals surface area contributed by atoms with Gasteiger partial charge in [-0.05, 0) is 30.4 Å². The van der Waals surface area contributed by atoms with Gasteiger partial charge in [0.2, 0.25) is 0 Å². The molecule has 0 bridgehead atoms. The van der Waals surface area contributed by atoms with Crippen molar-refractivity contribution < 1.29 is 13.6 Å². The van der Waals surface area contributed by atoms with Gasteiger partial charge in [0, 0.05) is 18.4 Å². The van der Waals surface area contributed by atoms with Gasteiger partial charge < -0.3 is 5.32 Å². The Balaban J connectivity index is 1.78. The zero-order valence-corrected chi connectivity index (χ0v) is 17.7. The summed E-state index contributed by atoms with van der Waals surface area (Å²) in [6.07, 6.45) is 3.66. The molecule has 1 amide bonds. The molecule has 1 aliphatic carbocycles. The number of amides is 1. The van der Waals surface area contributed by atoms with Crippen molar-refractivity contribution in [3.8, 4) is 0 Å². The highest BCUT2D eigenvalue weighted by Gasteiger charge is 2.31. The Labute approximate surface area is 181 Å². The third-order valence-electron chi connectivity index (χ3n) is 5.75. The SMILES string of the molecule is CC(F)(F)CNC(=O)c1nn(Cc2ccccc2)c2c1CCCCC2c1ccccc1. The Bertz CT molecular complexity index is 1030. The fraction of sp³-hybridized carbons (Fsp3) is 0.360. The Morgan fingerprint density at radius 1 is 1.10 bits per heavy atom. The molecule has 0 aliphatic heterocycles. The van der Waals surface area contributed by atoms with Crippen LogP contribution in [0.15, 0.2) is 60.7 Å². The molecule has 4 nitrogen and oxygen atoms in total. The molecule has 3 aromatic rings. The summed E-state index contributed by atoms with van der Waals surface area (Å²) in [7, 11) is 0. The zero-order chi connectivity index (χ0) is 21.8. The van der Waals surface area contributed by atoms with Crippen molar-refractivity contribution >= 4 is 5.91 Å². The number of hydrogen-bond acceptors (Lipinski definition) is 2. The molecule has 1 aromatic heterocycles. The van der Waals surface area contributed by atoms with Gasteiger partial charge in [-0.1, -0.05) is 67.1 Å². The highest BCUT2D eigenvalue weighted by molar-refractivity contribution is 5.94. The normalized spacial score (nSPS) is 16.4. The highest BCUT2D eigenvalue weighted by atomic mass is 19.3. The van der Waals surface area contributed by atoms with E-state index in [9.17, 15) is 13.6 Å². The molecule has 1 aliphatic rings. The van der Waals surface area contributed by atoms with Gasteiger partial charge in [-0.3, -0.25) is 9.48 Å². The number of carbonyl (C=O) groups excluding carboxylic acids is 1. The summed E-state index contributed by atoms with van der Waals surface area (Å²) in [5, 5.41) is 7.04. The molecule has 0 saturated heterocycles. The summed E-state index contributed by atoms with van der Waals surface area (Å²) in [6.45, 7) is 0.630. The maximum Gasteiger partial charge on any atom is 0.272 e. The Morgan fingerprint density at radius 3 is 2.45 bits per heavy atom. The molecular weight excluding hydrogens is 396 g/mol. The lowest BCUT2D eigenvalue weighted by molar-refractivity contribution is 0.0220. The second kappa shape index (κ2) is 9.00. The number of fused-ring (bicyclic) bond motifs is 1. The maximum atomic E-state index is 13.3. The number of halogens is 2. The molecule has 1 N–H and O–H groups in total. The number of nitrogens with one attached hydrogen (secondary N) is 1. The van der Waals surface area contributed by atoms with Crippen LogP contribution in [0.5, 0.6) is 0 Å². The molecule has 1 heterocycles. The summed E-state index contributed by atoms with van der Waals surface area (Å²) < 4.78 is 28.6. The maximum absolute atomic E-state index is 13.3. The fourth-order valence-corrected chi connectivity index (χ4v) is 4.32. The molecule has 4 rings (SSSR count). The van der Waals surface area contributed by atoms with Crippen LogP contribution in [0.2, 0.25) is 0 Å². The van der Waals surface area contributed by atoms with Crippen molar-refractivity contribution in [3.05, 3.63) is 88.7 Å². The van der Waals surface area contributed by atoms with Crippen LogP contribution in [-0.4, -0.2) is 28.2 Å². The van der Waals surface area contributed by atoms with Crippen LogP contribution in [0, 0.1) is 0 Å². The molecule has 2 aromatic carbocycles. The van der Waals surface area contributed by atoms with E-state index in [0.717, 1.165) is 49.4 Å². The lowest BCUT2D eigenvalue weighted by Gasteiger charge is -2.19. The topological polar surface area (TPSA) is 46.9 Å². The Hall–Kier alpha value is -3.02. The molecule has 162 valence electrons. The largest absolute Gasteiger partial charge is 0.345 e. The van der Waals surface area contributed by atoms with Gasteiger partial charge in [-0.15, -0.1) is 0 Å². The quantitative estimate of drug-likeness (QED) is 0.556. The van der Waals surface area contributed by atoms with E-state index in [2.05, 4.69) is 22.5 Å². The summed E-state index contributed by atoms with van der Waals surface area (Å²) in [5.74, 6) is -3.38. The third kappa shape index (κ3) is 5.01. The predicted molar refractivity (Wildman–Crippen MR) is 117 cm³/mol. The van der Waals surface area contributed by atoms with E-state index >= 15 is 0 Å². The van der Waals surface area contributed by atoms with Gasteiger partial charge in [0.1, 0.15) is 0 Å². The Morgan fingerprint density at radius 2 is 1.77 bits per heavy atom. The Kier molecular flexibility index (Phi) is 6.16. The minimum atomic E-state index is -2.97. The molecule has 0 saturated carbocycles. The van der Waals surface area contributed by atoms with Crippen LogP contribution in [0.3, 0.4) is 0 Å². The van der Waals surface area contributed by atoms with Crippen molar-refractivity contribution in [2.75, 3.05) is 6.54 Å². The molecule has 1 unspecified atom stereocenters. The van der Waals surface area contributed by atoms with E-state index < -0.39 is 18.4 Å². The summed E-state index contributed by atoms with van der Waals surface area (Å²) >= 11 is 0. The lowest BCUT2D eigenvalue weighted by atomic mass is 9.90. The van der Waals surface area contributed by atoms with E-state index in [0.29, 0.717) is 6.54 Å². The van der Waals surface area contributed by atoms with Crippen molar-refractivity contribution in [3.63, 3.8) is 0 Å². The fourth-order valence-electron chi connectivity index (χ4n) is 4.32. The van der Waals surface area contributed by atoms with Crippen LogP contribution < -0.4 is 5.32 Å². The van der Waals surface area contributed by atoms with Crippen LogP contribution in [0.1, 0.15) is 65.0 Å². The first-order valence-corrected chi connectivity index (χ1v) is 10.8. The molecule has 0 radical (unpaired) electrons. The van der Waals surface area contributed by atoms with Crippen molar-refractivity contribution in [2.24, 2.45) is 0 Å². The minimum absolute atomic E-state index is 0.115. The van der Waals surface area contributed by atoms with Crippen LogP contribution in [0.25, 0.3) is 0 Å². The van der Waals surface area contributed by atoms with E-state index in [1.807, 2.05) is 53.2 Å². The number of aromatic nitrogens is 2. The molecule has 0 spiro atoms. The number of alkyl halides is 2. The van der Waals surface area contributed by atoms with Crippen molar-refractivity contribution in [1.29, 1.82) is 0 Å². The van der Waals surface area contributed by atoms with E-state index in [4.69, 9.17) is 0 Å². The van der Waals surface area contributed by atoms with Crippen LogP contribution >= 0.6 is 0 Å². The van der Waals surface area contributed by atoms with E-state index in [1.165, 1.54) is 5.56 Å². The standard InChI is InChI=1S/C25H27F2N3O/c1-25(26,27)17-28-24(31)22-21-15-9-8-14-20(19-12-6-3-7-13-19)23(21)30(29-22)16-18-10-4-2-5-11-18/h2-7,10-13,20H,8-9,14-17H2,1H3,(H,28,31). The third-order valence-corrected chi connectivity index (χ3v) is 5.75. The first kappa shape index (κ1) is 21.2. The summed E-state index contributed by atoms with van der Waals surface area (Å²) in [5.41, 5.74) is 4.46. The summed E-state index contributed by atoms with van der Waals surface area (Å²) in [6, 6.07) is 20.2. The average molecular weight is 424 g/mol. The molecule has 1 atom stereocenters. The number of rotatable bonds is 6. The number of hydrogen-bond donors (Lipinski definition) is 1. The predicted octanol–water partition coefficient (Wildman–Crippen LogP) is 5.17. The number of nitrogens with zero attached hydrogens (tertiary/aromatic N) is 2. The van der Waals surface area contributed by atoms with E-state index in [-0.39, 0.29) is 11.6 Å². The van der Waals surface area contributed by atoms with Crippen molar-refractivity contribution in [1.82, 2.24) is 15.1 Å². The van der Waals surface area contributed by atoms with Gasteiger partial charge >= 0.3 is 0 Å². The van der Waals surface area contributed by atoms with Crippen molar-refractivity contribution in [2.45, 2.75) is 51.0 Å². The second-order valence-corrected chi connectivity index (χ2v) is 8.32. The molecule has 0 fully saturated rings. The average Bonchev–Trinajstić information content (AvgIpc) is 2.96. The molecular formula is C25H27F2N3O. The number of benzene rings is 2. The number of carbonyl (C=O) groups is 1. The van der Waals surface area contributed by atoms with Gasteiger partial charge in [-0.25, -0.2) is 8.78 Å². The first-order chi connectivity index (χ1) is 14.9. The van der Waals surface area contributed by atoms with Gasteiger partial charge in [-0.2, -0.15) is 5.10 Å². The lowest BCUT2D eigenvalue weighted by Crippen LogP contribution is -2.35. The smallest absolute Gasteiger partial charge is 0.272 e. The highest BCUT2D eigenvalue weighted by Crippen LogP contribution is 2.37. The molecule has 6 heteroatoms. The monoisotopic (exact) mass is 423 g/mol. The minimum Gasteiger partial charge on any atom is -0.345 e. The van der Waals surface area contributed by atoms with Gasteiger partial charge in [0.15, 0.2) is 5.69 Å². The van der Waals surface area contributed by atoms with Gasteiger partial charge in [0.05, 0.1) is 18.8 Å². The van der Waals surface area contributed by atoms with Crippen LogP contribution in [0.4, 0.5) is 8.78 Å². The molecule has 31 heavy (non-hydrogen) atoms.